The Morgan fingerprint density at radius 1 is 1.12 bits per heavy atom. The molecule has 1 aromatic heterocycles. The van der Waals surface area contributed by atoms with Crippen LogP contribution in [0, 0.1) is 0 Å². The Kier molecular flexibility index (Phi) is 4.70. The lowest BCUT2D eigenvalue weighted by molar-refractivity contribution is 0.0950. The van der Waals surface area contributed by atoms with Gasteiger partial charge in [0.2, 0.25) is 0 Å². The number of rotatable bonds is 5. The summed E-state index contributed by atoms with van der Waals surface area (Å²) in [6.07, 6.45) is 1.54. The normalized spacial score (nSPS) is 10.5. The van der Waals surface area contributed by atoms with Crippen molar-refractivity contribution in [1.29, 1.82) is 0 Å². The number of carbonyl (C=O) groups excluding carboxylic acids is 1. The first kappa shape index (κ1) is 16.6. The molecule has 0 aliphatic rings. The number of nitrogens with one attached hydrogen (secondary N) is 1. The molecule has 3 rings (SSSR count). The Bertz CT molecular complexity index is 924. The number of pyridine rings is 1. The van der Waals surface area contributed by atoms with E-state index in [9.17, 15) is 9.90 Å². The monoisotopic (exact) mass is 338 g/mol. The molecule has 0 saturated heterocycles. The van der Waals surface area contributed by atoms with E-state index < -0.39 is 0 Å². The van der Waals surface area contributed by atoms with Crippen molar-refractivity contribution < 1.29 is 19.4 Å². The summed E-state index contributed by atoms with van der Waals surface area (Å²) < 4.78 is 10.3. The lowest BCUT2D eigenvalue weighted by atomic mass is 10.1. The maximum atomic E-state index is 12.4. The van der Waals surface area contributed by atoms with Gasteiger partial charge in [-0.25, -0.2) is 0 Å². The van der Waals surface area contributed by atoms with Crippen molar-refractivity contribution in [1.82, 2.24) is 10.3 Å². The van der Waals surface area contributed by atoms with Crippen LogP contribution in [0.1, 0.15) is 15.9 Å². The smallest absolute Gasteiger partial charge is 0.253 e. The maximum Gasteiger partial charge on any atom is 0.253 e. The first-order valence-corrected chi connectivity index (χ1v) is 7.68. The topological polar surface area (TPSA) is 80.7 Å². The predicted molar refractivity (Wildman–Crippen MR) is 94.1 cm³/mol. The van der Waals surface area contributed by atoms with Gasteiger partial charge in [-0.1, -0.05) is 6.07 Å². The van der Waals surface area contributed by atoms with Gasteiger partial charge in [0.05, 0.1) is 25.3 Å². The van der Waals surface area contributed by atoms with E-state index in [0.29, 0.717) is 23.6 Å². The molecule has 2 N–H and O–H groups in total. The number of amides is 1. The number of methoxy groups -OCH3 is 2. The maximum absolute atomic E-state index is 12.4. The number of carbonyl (C=O) groups is 1. The van der Waals surface area contributed by atoms with E-state index >= 15 is 0 Å². The van der Waals surface area contributed by atoms with Gasteiger partial charge in [0.15, 0.2) is 11.5 Å². The molecular formula is C19H18N2O4. The summed E-state index contributed by atoms with van der Waals surface area (Å²) in [4.78, 5) is 16.7. The van der Waals surface area contributed by atoms with Crippen molar-refractivity contribution in [2.45, 2.75) is 6.54 Å². The second-order valence-electron chi connectivity index (χ2n) is 5.47. The predicted octanol–water partition coefficient (Wildman–Crippen LogP) is 2.89. The van der Waals surface area contributed by atoms with Crippen molar-refractivity contribution in [2.75, 3.05) is 14.2 Å². The molecule has 25 heavy (non-hydrogen) atoms. The van der Waals surface area contributed by atoms with Gasteiger partial charge in [0, 0.05) is 18.1 Å². The Morgan fingerprint density at radius 2 is 1.96 bits per heavy atom. The average Bonchev–Trinajstić information content (AvgIpc) is 2.66. The molecule has 3 aromatic rings. The van der Waals surface area contributed by atoms with Crippen LogP contribution < -0.4 is 14.8 Å². The fraction of sp³-hybridized carbons (Fsp3) is 0.158. The molecule has 0 saturated carbocycles. The van der Waals surface area contributed by atoms with Gasteiger partial charge < -0.3 is 19.9 Å². The molecule has 2 aromatic carbocycles. The van der Waals surface area contributed by atoms with E-state index in [1.54, 1.807) is 31.5 Å². The number of aromatic hydroxyl groups is 1. The Morgan fingerprint density at radius 3 is 2.72 bits per heavy atom. The third-order valence-electron chi connectivity index (χ3n) is 3.85. The Balaban J connectivity index is 1.75. The molecular weight excluding hydrogens is 320 g/mol. The van der Waals surface area contributed by atoms with Crippen LogP contribution in [0.5, 0.6) is 17.2 Å². The van der Waals surface area contributed by atoms with E-state index in [1.807, 2.05) is 18.2 Å². The molecule has 0 fully saturated rings. The number of nitrogens with zero attached hydrogens (tertiary/aromatic N) is 1. The molecule has 0 atom stereocenters. The number of hydrogen-bond donors (Lipinski definition) is 2. The second-order valence-corrected chi connectivity index (χ2v) is 5.47. The highest BCUT2D eigenvalue weighted by Crippen LogP contribution is 2.26. The molecule has 0 radical (unpaired) electrons. The van der Waals surface area contributed by atoms with E-state index in [-0.39, 0.29) is 11.7 Å². The summed E-state index contributed by atoms with van der Waals surface area (Å²) in [5.41, 5.74) is 2.07. The van der Waals surface area contributed by atoms with Crippen LogP contribution in [0.15, 0.2) is 48.7 Å². The summed E-state index contributed by atoms with van der Waals surface area (Å²) in [6.45, 7) is 0.311. The fourth-order valence-corrected chi connectivity index (χ4v) is 2.48. The first-order chi connectivity index (χ1) is 12.1. The number of benzene rings is 2. The lowest BCUT2D eigenvalue weighted by Crippen LogP contribution is -2.22. The lowest BCUT2D eigenvalue weighted by Gasteiger charge is -2.09. The molecule has 128 valence electrons. The van der Waals surface area contributed by atoms with Gasteiger partial charge in [-0.05, 0) is 42.0 Å². The minimum atomic E-state index is -0.232. The molecule has 0 unspecified atom stereocenters. The third-order valence-corrected chi connectivity index (χ3v) is 3.85. The molecule has 6 nitrogen and oxygen atoms in total. The van der Waals surface area contributed by atoms with Crippen LogP contribution in [-0.4, -0.2) is 30.2 Å². The van der Waals surface area contributed by atoms with Crippen molar-refractivity contribution >= 4 is 16.8 Å². The SMILES string of the molecule is COc1ccc2ncc(C(=O)NCc3ccc(O)c(OC)c3)cc2c1. The second kappa shape index (κ2) is 7.09. The zero-order valence-electron chi connectivity index (χ0n) is 13.9. The largest absolute Gasteiger partial charge is 0.504 e. The van der Waals surface area contributed by atoms with Gasteiger partial charge in [-0.15, -0.1) is 0 Å². The molecule has 0 aliphatic carbocycles. The van der Waals surface area contributed by atoms with Gasteiger partial charge in [0.1, 0.15) is 5.75 Å². The van der Waals surface area contributed by atoms with Gasteiger partial charge in [0.25, 0.3) is 5.91 Å². The number of ether oxygens (including phenoxy) is 2. The summed E-state index contributed by atoms with van der Waals surface area (Å²) in [6, 6.07) is 12.2. The third kappa shape index (κ3) is 3.63. The zero-order valence-corrected chi connectivity index (χ0v) is 13.9. The van der Waals surface area contributed by atoms with Crippen LogP contribution in [0.25, 0.3) is 10.9 Å². The standard InChI is InChI=1S/C19H18N2O4/c1-24-15-4-5-16-13(9-15)8-14(11-20-16)19(23)21-10-12-3-6-17(22)18(7-12)25-2/h3-9,11,22H,10H2,1-2H3,(H,21,23). The van der Waals surface area contributed by atoms with Crippen LogP contribution in [0.4, 0.5) is 0 Å². The molecule has 0 spiro atoms. The minimum absolute atomic E-state index is 0.0604. The highest BCUT2D eigenvalue weighted by Gasteiger charge is 2.09. The summed E-state index contributed by atoms with van der Waals surface area (Å²) in [7, 11) is 3.07. The van der Waals surface area contributed by atoms with E-state index in [2.05, 4.69) is 10.3 Å². The van der Waals surface area contributed by atoms with Crippen molar-refractivity contribution in [3.63, 3.8) is 0 Å². The van der Waals surface area contributed by atoms with Crippen molar-refractivity contribution in [2.24, 2.45) is 0 Å². The fourth-order valence-electron chi connectivity index (χ4n) is 2.48. The quantitative estimate of drug-likeness (QED) is 0.748. The van der Waals surface area contributed by atoms with Gasteiger partial charge in [-0.3, -0.25) is 9.78 Å². The molecule has 1 heterocycles. The highest BCUT2D eigenvalue weighted by atomic mass is 16.5. The van der Waals surface area contributed by atoms with Crippen LogP contribution in [0.2, 0.25) is 0 Å². The highest BCUT2D eigenvalue weighted by molar-refractivity contribution is 5.97. The number of phenolic OH excluding ortho intramolecular Hbond substituents is 1. The Labute approximate surface area is 145 Å². The van der Waals surface area contributed by atoms with Crippen molar-refractivity contribution in [3.05, 3.63) is 59.8 Å². The molecule has 0 aliphatic heterocycles. The molecule has 1 amide bonds. The van der Waals surface area contributed by atoms with Gasteiger partial charge in [-0.2, -0.15) is 0 Å². The average molecular weight is 338 g/mol. The molecule has 0 bridgehead atoms. The number of aromatic nitrogens is 1. The summed E-state index contributed by atoms with van der Waals surface area (Å²) in [5.74, 6) is 0.906. The Hall–Kier alpha value is -3.28. The van der Waals surface area contributed by atoms with Crippen LogP contribution >= 0.6 is 0 Å². The first-order valence-electron chi connectivity index (χ1n) is 7.68. The van der Waals surface area contributed by atoms with Crippen LogP contribution in [0.3, 0.4) is 0 Å². The summed E-state index contributed by atoms with van der Waals surface area (Å²) >= 11 is 0. The number of hydrogen-bond acceptors (Lipinski definition) is 5. The number of phenols is 1. The van der Waals surface area contributed by atoms with E-state index in [1.165, 1.54) is 13.2 Å². The van der Waals surface area contributed by atoms with Crippen LogP contribution in [-0.2, 0) is 6.54 Å². The van der Waals surface area contributed by atoms with E-state index in [0.717, 1.165) is 16.5 Å². The van der Waals surface area contributed by atoms with Crippen molar-refractivity contribution in [3.8, 4) is 17.2 Å². The zero-order chi connectivity index (χ0) is 17.8. The minimum Gasteiger partial charge on any atom is -0.504 e. The van der Waals surface area contributed by atoms with Gasteiger partial charge >= 0.3 is 0 Å². The molecule has 6 heteroatoms. The number of fused-ring (bicyclic) bond motifs is 1. The summed E-state index contributed by atoms with van der Waals surface area (Å²) in [5, 5.41) is 13.3. The van der Waals surface area contributed by atoms with E-state index in [4.69, 9.17) is 9.47 Å².